The second-order valence-corrected chi connectivity index (χ2v) is 3.98. The molecule has 18 heavy (non-hydrogen) atoms. The Labute approximate surface area is 106 Å². The van der Waals surface area contributed by atoms with Gasteiger partial charge in [-0.1, -0.05) is 37.3 Å². The summed E-state index contributed by atoms with van der Waals surface area (Å²) in [5, 5.41) is 0. The van der Waals surface area contributed by atoms with Crippen molar-refractivity contribution in [2.45, 2.75) is 13.3 Å². The largest absolute Gasteiger partial charge is 0.464 e. The molecule has 0 aliphatic heterocycles. The van der Waals surface area contributed by atoms with Crippen molar-refractivity contribution in [1.29, 1.82) is 0 Å². The van der Waals surface area contributed by atoms with Crippen molar-refractivity contribution in [1.82, 2.24) is 4.98 Å². The number of carbonyl (C=O) groups excluding carboxylic acids is 1. The standard InChI is InChI=1S/C15H15NO2/c1-3-11-5-4-6-12(9-11)13-7-8-14(16-10-13)15(17)18-2/h4-10H,3H2,1-2H3. The zero-order chi connectivity index (χ0) is 13.0. The van der Waals surface area contributed by atoms with Crippen molar-refractivity contribution in [2.24, 2.45) is 0 Å². The lowest BCUT2D eigenvalue weighted by Crippen LogP contribution is -2.03. The van der Waals surface area contributed by atoms with E-state index in [4.69, 9.17) is 0 Å². The van der Waals surface area contributed by atoms with Crippen LogP contribution in [0.3, 0.4) is 0 Å². The number of ether oxygens (including phenoxy) is 1. The van der Waals surface area contributed by atoms with E-state index in [0.717, 1.165) is 17.5 Å². The minimum Gasteiger partial charge on any atom is -0.464 e. The van der Waals surface area contributed by atoms with Gasteiger partial charge in [0.1, 0.15) is 5.69 Å². The summed E-state index contributed by atoms with van der Waals surface area (Å²) in [6, 6.07) is 11.9. The third-order valence-corrected chi connectivity index (χ3v) is 2.83. The van der Waals surface area contributed by atoms with E-state index in [0.29, 0.717) is 5.69 Å². The van der Waals surface area contributed by atoms with Crippen LogP contribution in [-0.4, -0.2) is 18.1 Å². The molecule has 0 aliphatic rings. The van der Waals surface area contributed by atoms with Crippen LogP contribution in [0.5, 0.6) is 0 Å². The molecular formula is C15H15NO2. The zero-order valence-electron chi connectivity index (χ0n) is 10.5. The van der Waals surface area contributed by atoms with Crippen LogP contribution in [0, 0.1) is 0 Å². The highest BCUT2D eigenvalue weighted by Gasteiger charge is 2.07. The maximum atomic E-state index is 11.3. The van der Waals surface area contributed by atoms with Gasteiger partial charge in [-0.3, -0.25) is 0 Å². The highest BCUT2D eigenvalue weighted by atomic mass is 16.5. The van der Waals surface area contributed by atoms with Gasteiger partial charge in [-0.2, -0.15) is 0 Å². The van der Waals surface area contributed by atoms with Crippen molar-refractivity contribution >= 4 is 5.97 Å². The van der Waals surface area contributed by atoms with Crippen LogP contribution in [0.25, 0.3) is 11.1 Å². The number of aromatic nitrogens is 1. The van der Waals surface area contributed by atoms with Crippen LogP contribution < -0.4 is 0 Å². The Morgan fingerprint density at radius 1 is 1.22 bits per heavy atom. The molecule has 0 atom stereocenters. The molecular weight excluding hydrogens is 226 g/mol. The summed E-state index contributed by atoms with van der Waals surface area (Å²) < 4.78 is 4.62. The Kier molecular flexibility index (Phi) is 3.72. The summed E-state index contributed by atoms with van der Waals surface area (Å²) in [5.41, 5.74) is 3.72. The van der Waals surface area contributed by atoms with Crippen LogP contribution in [0.15, 0.2) is 42.6 Å². The van der Waals surface area contributed by atoms with E-state index in [1.807, 2.05) is 18.2 Å². The van der Waals surface area contributed by atoms with E-state index in [1.165, 1.54) is 12.7 Å². The summed E-state index contributed by atoms with van der Waals surface area (Å²) in [7, 11) is 1.35. The number of pyridine rings is 1. The summed E-state index contributed by atoms with van der Waals surface area (Å²) in [5.74, 6) is -0.413. The molecule has 0 radical (unpaired) electrons. The second-order valence-electron chi connectivity index (χ2n) is 3.98. The Morgan fingerprint density at radius 2 is 2.06 bits per heavy atom. The lowest BCUT2D eigenvalue weighted by atomic mass is 10.0. The maximum Gasteiger partial charge on any atom is 0.356 e. The third kappa shape index (κ3) is 2.56. The number of esters is 1. The summed E-state index contributed by atoms with van der Waals surface area (Å²) in [6.45, 7) is 2.12. The van der Waals surface area contributed by atoms with Gasteiger partial charge in [0.2, 0.25) is 0 Å². The van der Waals surface area contributed by atoms with Crippen LogP contribution >= 0.6 is 0 Å². The molecule has 0 N–H and O–H groups in total. The molecule has 2 aromatic rings. The Hall–Kier alpha value is -2.16. The van der Waals surface area contributed by atoms with Gasteiger partial charge < -0.3 is 4.74 Å². The topological polar surface area (TPSA) is 39.2 Å². The van der Waals surface area contributed by atoms with Crippen molar-refractivity contribution in [3.63, 3.8) is 0 Å². The average molecular weight is 241 g/mol. The minimum absolute atomic E-state index is 0.327. The fourth-order valence-corrected chi connectivity index (χ4v) is 1.76. The van der Waals surface area contributed by atoms with Gasteiger partial charge in [-0.25, -0.2) is 9.78 Å². The molecule has 1 aromatic carbocycles. The fraction of sp³-hybridized carbons (Fsp3) is 0.200. The van der Waals surface area contributed by atoms with Crippen LogP contribution in [0.1, 0.15) is 23.0 Å². The van der Waals surface area contributed by atoms with Crippen molar-refractivity contribution in [2.75, 3.05) is 7.11 Å². The number of nitrogens with zero attached hydrogens (tertiary/aromatic N) is 1. The number of methoxy groups -OCH3 is 1. The lowest BCUT2D eigenvalue weighted by Gasteiger charge is -2.04. The monoisotopic (exact) mass is 241 g/mol. The minimum atomic E-state index is -0.413. The molecule has 0 unspecified atom stereocenters. The Bertz CT molecular complexity index is 547. The predicted octanol–water partition coefficient (Wildman–Crippen LogP) is 3.10. The van der Waals surface area contributed by atoms with Crippen molar-refractivity contribution in [3.8, 4) is 11.1 Å². The third-order valence-electron chi connectivity index (χ3n) is 2.83. The van der Waals surface area contributed by atoms with E-state index >= 15 is 0 Å². The highest BCUT2D eigenvalue weighted by Crippen LogP contribution is 2.20. The van der Waals surface area contributed by atoms with Crippen LogP contribution in [-0.2, 0) is 11.2 Å². The van der Waals surface area contributed by atoms with Gasteiger partial charge in [-0.15, -0.1) is 0 Å². The smallest absolute Gasteiger partial charge is 0.356 e. The molecule has 92 valence electrons. The van der Waals surface area contributed by atoms with Gasteiger partial charge in [-0.05, 0) is 23.6 Å². The molecule has 1 aromatic heterocycles. The van der Waals surface area contributed by atoms with Crippen LogP contribution in [0.2, 0.25) is 0 Å². The van der Waals surface area contributed by atoms with Gasteiger partial charge >= 0.3 is 5.97 Å². The van der Waals surface area contributed by atoms with E-state index in [-0.39, 0.29) is 0 Å². The lowest BCUT2D eigenvalue weighted by molar-refractivity contribution is 0.0594. The van der Waals surface area contributed by atoms with Gasteiger partial charge in [0, 0.05) is 11.8 Å². The molecule has 0 amide bonds. The van der Waals surface area contributed by atoms with Crippen molar-refractivity contribution < 1.29 is 9.53 Å². The number of benzene rings is 1. The highest BCUT2D eigenvalue weighted by molar-refractivity contribution is 5.87. The predicted molar refractivity (Wildman–Crippen MR) is 70.4 cm³/mol. The summed E-state index contributed by atoms with van der Waals surface area (Å²) in [6.07, 6.45) is 2.70. The number of hydrogen-bond acceptors (Lipinski definition) is 3. The van der Waals surface area contributed by atoms with E-state index in [1.54, 1.807) is 12.3 Å². The molecule has 0 aliphatic carbocycles. The first-order valence-electron chi connectivity index (χ1n) is 5.88. The summed E-state index contributed by atoms with van der Waals surface area (Å²) >= 11 is 0. The Morgan fingerprint density at radius 3 is 2.67 bits per heavy atom. The first-order valence-corrected chi connectivity index (χ1v) is 5.88. The first kappa shape index (κ1) is 12.3. The second kappa shape index (κ2) is 5.45. The number of hydrogen-bond donors (Lipinski definition) is 0. The molecule has 3 nitrogen and oxygen atoms in total. The number of carbonyl (C=O) groups is 1. The Balaban J connectivity index is 2.31. The summed E-state index contributed by atoms with van der Waals surface area (Å²) in [4.78, 5) is 15.4. The maximum absolute atomic E-state index is 11.3. The van der Waals surface area contributed by atoms with Crippen molar-refractivity contribution in [3.05, 3.63) is 53.9 Å². The average Bonchev–Trinajstić information content (AvgIpc) is 2.46. The SMILES string of the molecule is CCc1cccc(-c2ccc(C(=O)OC)nc2)c1. The van der Waals surface area contributed by atoms with Gasteiger partial charge in [0.25, 0.3) is 0 Å². The molecule has 3 heteroatoms. The van der Waals surface area contributed by atoms with Crippen LogP contribution in [0.4, 0.5) is 0 Å². The molecule has 0 saturated carbocycles. The van der Waals surface area contributed by atoms with E-state index in [9.17, 15) is 4.79 Å². The molecule has 0 spiro atoms. The molecule has 0 fully saturated rings. The molecule has 2 rings (SSSR count). The first-order chi connectivity index (χ1) is 8.74. The molecule has 0 bridgehead atoms. The van der Waals surface area contributed by atoms with E-state index in [2.05, 4.69) is 28.8 Å². The molecule has 1 heterocycles. The zero-order valence-corrected chi connectivity index (χ0v) is 10.5. The van der Waals surface area contributed by atoms with Gasteiger partial charge in [0.15, 0.2) is 0 Å². The number of rotatable bonds is 3. The number of aryl methyl sites for hydroxylation is 1. The quantitative estimate of drug-likeness (QED) is 0.775. The normalized spacial score (nSPS) is 10.1. The van der Waals surface area contributed by atoms with E-state index < -0.39 is 5.97 Å². The molecule has 0 saturated heterocycles. The van der Waals surface area contributed by atoms with Gasteiger partial charge in [0.05, 0.1) is 7.11 Å². The fourth-order valence-electron chi connectivity index (χ4n) is 1.76.